The van der Waals surface area contributed by atoms with E-state index in [0.29, 0.717) is 24.3 Å². The van der Waals surface area contributed by atoms with Gasteiger partial charge in [-0.05, 0) is 50.0 Å². The summed E-state index contributed by atoms with van der Waals surface area (Å²) in [6, 6.07) is 1.97. The number of rotatable bonds is 6. The molecule has 11 heteroatoms. The summed E-state index contributed by atoms with van der Waals surface area (Å²) in [5.74, 6) is -1.45. The molecule has 0 aromatic carbocycles. The lowest BCUT2D eigenvalue weighted by molar-refractivity contribution is -0.205. The topological polar surface area (TPSA) is 100 Å². The van der Waals surface area contributed by atoms with E-state index < -0.39 is 23.9 Å². The van der Waals surface area contributed by atoms with Crippen LogP contribution in [0.4, 0.5) is 23.0 Å². The van der Waals surface area contributed by atoms with Gasteiger partial charge in [-0.15, -0.1) is 11.3 Å². The quantitative estimate of drug-likeness (QED) is 0.455. The van der Waals surface area contributed by atoms with Gasteiger partial charge in [-0.25, -0.2) is 9.59 Å². The molecule has 0 unspecified atom stereocenters. The molecule has 0 spiro atoms. The van der Waals surface area contributed by atoms with Gasteiger partial charge in [-0.1, -0.05) is 20.8 Å². The van der Waals surface area contributed by atoms with E-state index in [4.69, 9.17) is 0 Å². The molecular weight excluding hydrogens is 447 g/mol. The molecule has 1 aliphatic rings. The van der Waals surface area contributed by atoms with Gasteiger partial charge in [0.25, 0.3) is 0 Å². The summed E-state index contributed by atoms with van der Waals surface area (Å²) in [6.07, 6.45) is -4.79. The highest BCUT2D eigenvalue weighted by atomic mass is 32.1. The average Bonchev–Trinajstić information content (AvgIpc) is 3.02. The maximum absolute atomic E-state index is 14.3. The van der Waals surface area contributed by atoms with E-state index >= 15 is 0 Å². The number of halogens is 3. The fourth-order valence-corrected chi connectivity index (χ4v) is 4.99. The van der Waals surface area contributed by atoms with Crippen molar-refractivity contribution in [2.45, 2.75) is 65.7 Å². The molecule has 2 atom stereocenters. The summed E-state index contributed by atoms with van der Waals surface area (Å²) in [4.78, 5) is 25.3. The van der Waals surface area contributed by atoms with E-state index in [9.17, 15) is 28.0 Å². The van der Waals surface area contributed by atoms with Gasteiger partial charge in [-0.2, -0.15) is 18.4 Å². The van der Waals surface area contributed by atoms with Crippen molar-refractivity contribution in [1.29, 1.82) is 5.26 Å². The highest BCUT2D eigenvalue weighted by Gasteiger charge is 2.64. The maximum Gasteiger partial charge on any atom is 0.442 e. The summed E-state index contributed by atoms with van der Waals surface area (Å²) < 4.78 is 52.0. The predicted octanol–water partition coefficient (Wildman–Crippen LogP) is 4.75. The number of carbonyl (C=O) groups excluding carboxylic acids is 2. The molecule has 1 aromatic heterocycles. The molecular formula is C21H28F3N3O4S. The normalized spacial score (nSPS) is 18.0. The molecule has 1 aliphatic carbocycles. The van der Waals surface area contributed by atoms with Crippen molar-refractivity contribution >= 4 is 28.4 Å². The molecule has 0 bridgehead atoms. The first-order valence-corrected chi connectivity index (χ1v) is 11.1. The zero-order chi connectivity index (χ0) is 24.3. The number of thiophene rings is 1. The second-order valence-corrected chi connectivity index (χ2v) is 9.67. The Morgan fingerprint density at radius 3 is 2.31 bits per heavy atom. The summed E-state index contributed by atoms with van der Waals surface area (Å²) in [6.45, 7) is 8.51. The number of nitrogens with one attached hydrogen (secondary N) is 2. The van der Waals surface area contributed by atoms with E-state index in [-0.39, 0.29) is 29.2 Å². The lowest BCUT2D eigenvalue weighted by atomic mass is 9.72. The van der Waals surface area contributed by atoms with Crippen molar-refractivity contribution in [2.24, 2.45) is 11.3 Å². The third kappa shape index (κ3) is 5.11. The minimum Gasteiger partial charge on any atom is -0.463 e. The number of alkyl halides is 3. The van der Waals surface area contributed by atoms with Crippen LogP contribution in [0.2, 0.25) is 0 Å². The number of hydrogen-bond acceptors (Lipinski definition) is 7. The van der Waals surface area contributed by atoms with Gasteiger partial charge in [0.1, 0.15) is 11.1 Å². The molecule has 32 heavy (non-hydrogen) atoms. The molecule has 1 amide bonds. The Labute approximate surface area is 189 Å². The van der Waals surface area contributed by atoms with E-state index in [1.807, 2.05) is 6.07 Å². The van der Waals surface area contributed by atoms with Crippen LogP contribution in [-0.4, -0.2) is 37.1 Å². The van der Waals surface area contributed by atoms with Crippen molar-refractivity contribution in [2.75, 3.05) is 18.5 Å². The number of anilines is 1. The maximum atomic E-state index is 14.3. The first kappa shape index (κ1) is 25.8. The van der Waals surface area contributed by atoms with Crippen LogP contribution in [0.5, 0.6) is 0 Å². The molecule has 1 aromatic rings. The Kier molecular flexibility index (Phi) is 7.71. The highest BCUT2D eigenvalue weighted by Crippen LogP contribution is 2.45. The van der Waals surface area contributed by atoms with E-state index in [1.54, 1.807) is 5.32 Å². The van der Waals surface area contributed by atoms with Crippen LogP contribution in [0, 0.1) is 22.7 Å². The molecule has 0 radical (unpaired) electrons. The molecule has 1 heterocycles. The van der Waals surface area contributed by atoms with E-state index in [2.05, 4.69) is 35.6 Å². The second kappa shape index (κ2) is 9.57. The summed E-state index contributed by atoms with van der Waals surface area (Å²) in [5.41, 5.74) is -2.90. The van der Waals surface area contributed by atoms with Crippen LogP contribution in [-0.2, 0) is 27.1 Å². The van der Waals surface area contributed by atoms with Crippen molar-refractivity contribution < 1.29 is 32.2 Å². The monoisotopic (exact) mass is 475 g/mol. The summed E-state index contributed by atoms with van der Waals surface area (Å²) in [7, 11) is 0. The molecule has 0 saturated heterocycles. The summed E-state index contributed by atoms with van der Waals surface area (Å²) in [5, 5.41) is 13.3. The van der Waals surface area contributed by atoms with Crippen LogP contribution in [0.25, 0.3) is 0 Å². The number of esters is 1. The standard InChI is InChI=1S/C21H28F3N3O4S/c1-6-30-17(28)20(21(22,23)24,27-18(29)31-7-2)26-16-14(11-25)13-9-8-12(19(3,4)5)10-15(13)32-16/h12,26H,6-10H2,1-5H3,(H,27,29)/t12-,20-/m0/s1. The van der Waals surface area contributed by atoms with Crippen molar-refractivity contribution in [3.63, 3.8) is 0 Å². The Morgan fingerprint density at radius 2 is 1.81 bits per heavy atom. The fourth-order valence-electron chi connectivity index (χ4n) is 3.65. The zero-order valence-electron chi connectivity index (χ0n) is 18.7. The average molecular weight is 476 g/mol. The van der Waals surface area contributed by atoms with Crippen LogP contribution in [0.1, 0.15) is 57.0 Å². The SMILES string of the molecule is CCOC(=O)N[C@@](Nc1sc2c(c1C#N)CC[C@H](C(C)(C)C)C2)(C(=O)OCC)C(F)(F)F. The largest absolute Gasteiger partial charge is 0.463 e. The number of ether oxygens (including phenoxy) is 2. The van der Waals surface area contributed by atoms with Gasteiger partial charge >= 0.3 is 23.9 Å². The third-order valence-corrected chi connectivity index (χ3v) is 6.64. The minimum atomic E-state index is -5.29. The Balaban J connectivity index is 2.56. The predicted molar refractivity (Wildman–Crippen MR) is 113 cm³/mol. The lowest BCUT2D eigenvalue weighted by Gasteiger charge is -2.34. The molecule has 0 aliphatic heterocycles. The van der Waals surface area contributed by atoms with Crippen molar-refractivity contribution in [3.8, 4) is 6.07 Å². The molecule has 7 nitrogen and oxygen atoms in total. The zero-order valence-corrected chi connectivity index (χ0v) is 19.6. The van der Waals surface area contributed by atoms with Gasteiger partial charge in [-0.3, -0.25) is 5.32 Å². The van der Waals surface area contributed by atoms with Crippen molar-refractivity contribution in [1.82, 2.24) is 5.32 Å². The van der Waals surface area contributed by atoms with Gasteiger partial charge in [0, 0.05) is 4.88 Å². The third-order valence-electron chi connectivity index (χ3n) is 5.47. The Hall–Kier alpha value is -2.48. The van der Waals surface area contributed by atoms with Crippen LogP contribution < -0.4 is 10.6 Å². The van der Waals surface area contributed by atoms with Gasteiger partial charge < -0.3 is 14.8 Å². The molecule has 178 valence electrons. The number of alkyl carbamates (subject to hydrolysis) is 1. The van der Waals surface area contributed by atoms with Crippen LogP contribution in [0.15, 0.2) is 0 Å². The fraction of sp³-hybridized carbons (Fsp3) is 0.667. The first-order chi connectivity index (χ1) is 14.8. The first-order valence-electron chi connectivity index (χ1n) is 10.3. The Morgan fingerprint density at radius 1 is 1.19 bits per heavy atom. The number of nitriles is 1. The highest BCUT2D eigenvalue weighted by molar-refractivity contribution is 7.16. The smallest absolute Gasteiger partial charge is 0.442 e. The minimum absolute atomic E-state index is 0.00575. The molecule has 2 N–H and O–H groups in total. The van der Waals surface area contributed by atoms with Crippen LogP contribution >= 0.6 is 11.3 Å². The Bertz CT molecular complexity index is 902. The number of nitrogens with zero attached hydrogens (tertiary/aromatic N) is 1. The molecule has 0 saturated carbocycles. The number of amides is 1. The van der Waals surface area contributed by atoms with Crippen molar-refractivity contribution in [3.05, 3.63) is 16.0 Å². The lowest BCUT2D eigenvalue weighted by Crippen LogP contribution is -2.69. The van der Waals surface area contributed by atoms with Gasteiger partial charge in [0.2, 0.25) is 0 Å². The summed E-state index contributed by atoms with van der Waals surface area (Å²) >= 11 is 0.992. The van der Waals surface area contributed by atoms with Gasteiger partial charge in [0.05, 0.1) is 18.8 Å². The van der Waals surface area contributed by atoms with E-state index in [0.717, 1.165) is 22.6 Å². The number of fused-ring (bicyclic) bond motifs is 1. The van der Waals surface area contributed by atoms with Crippen LogP contribution in [0.3, 0.4) is 0 Å². The van der Waals surface area contributed by atoms with Gasteiger partial charge in [0.15, 0.2) is 0 Å². The second-order valence-electron chi connectivity index (χ2n) is 8.56. The molecule has 2 rings (SSSR count). The number of carbonyl (C=O) groups is 2. The molecule has 0 fully saturated rings. The number of hydrogen-bond donors (Lipinski definition) is 2. The van der Waals surface area contributed by atoms with E-state index in [1.165, 1.54) is 13.8 Å².